The molecule has 0 radical (unpaired) electrons. The molecule has 1 atom stereocenters. The first kappa shape index (κ1) is 14.1. The van der Waals surface area contributed by atoms with E-state index in [2.05, 4.69) is 10.2 Å². The summed E-state index contributed by atoms with van der Waals surface area (Å²) in [6, 6.07) is 13.4. The standard InChI is InChI=1S/C15H9ClF2N2S/c16-12(9-5-2-1-3-6-9)15-20-19-14(21-15)10-7-4-8-11(17)13(10)18/h1-8,12H. The smallest absolute Gasteiger partial charge is 0.169 e. The molecular weight excluding hydrogens is 314 g/mol. The van der Waals surface area contributed by atoms with Gasteiger partial charge in [-0.1, -0.05) is 47.7 Å². The fraction of sp³-hybridized carbons (Fsp3) is 0.0667. The molecule has 1 aromatic heterocycles. The maximum Gasteiger partial charge on any atom is 0.169 e. The van der Waals surface area contributed by atoms with Gasteiger partial charge in [-0.15, -0.1) is 21.8 Å². The molecule has 0 aliphatic rings. The Morgan fingerprint density at radius 2 is 1.71 bits per heavy atom. The van der Waals surface area contributed by atoms with Gasteiger partial charge in [0, 0.05) is 0 Å². The molecule has 0 aliphatic heterocycles. The van der Waals surface area contributed by atoms with Gasteiger partial charge in [-0.25, -0.2) is 8.78 Å². The van der Waals surface area contributed by atoms with Gasteiger partial charge in [-0.2, -0.15) is 0 Å². The van der Waals surface area contributed by atoms with E-state index in [1.54, 1.807) is 0 Å². The van der Waals surface area contributed by atoms with Crippen molar-refractivity contribution in [3.05, 3.63) is 70.7 Å². The molecule has 6 heteroatoms. The zero-order valence-corrected chi connectivity index (χ0v) is 12.2. The van der Waals surface area contributed by atoms with Gasteiger partial charge in [0.05, 0.1) is 5.56 Å². The van der Waals surface area contributed by atoms with E-state index in [-0.39, 0.29) is 5.56 Å². The van der Waals surface area contributed by atoms with Gasteiger partial charge in [0.25, 0.3) is 0 Å². The lowest BCUT2D eigenvalue weighted by Crippen LogP contribution is -1.91. The summed E-state index contributed by atoms with van der Waals surface area (Å²) < 4.78 is 27.0. The zero-order valence-electron chi connectivity index (χ0n) is 10.6. The van der Waals surface area contributed by atoms with Gasteiger partial charge in [0.15, 0.2) is 16.6 Å². The van der Waals surface area contributed by atoms with Gasteiger partial charge in [0.1, 0.15) is 10.4 Å². The van der Waals surface area contributed by atoms with E-state index in [4.69, 9.17) is 11.6 Å². The summed E-state index contributed by atoms with van der Waals surface area (Å²) in [5, 5.41) is 8.29. The van der Waals surface area contributed by atoms with E-state index in [1.165, 1.54) is 12.1 Å². The van der Waals surface area contributed by atoms with E-state index < -0.39 is 17.0 Å². The third-order valence-electron chi connectivity index (χ3n) is 2.93. The fourth-order valence-electron chi connectivity index (χ4n) is 1.88. The van der Waals surface area contributed by atoms with Gasteiger partial charge < -0.3 is 0 Å². The Morgan fingerprint density at radius 3 is 2.48 bits per heavy atom. The van der Waals surface area contributed by atoms with Crippen molar-refractivity contribution in [2.24, 2.45) is 0 Å². The molecule has 0 N–H and O–H groups in total. The first-order chi connectivity index (χ1) is 10.2. The van der Waals surface area contributed by atoms with Crippen molar-refractivity contribution < 1.29 is 8.78 Å². The fourth-order valence-corrected chi connectivity index (χ4v) is 3.07. The van der Waals surface area contributed by atoms with E-state index in [1.807, 2.05) is 30.3 Å². The molecule has 0 saturated heterocycles. The Hall–Kier alpha value is -1.85. The number of hydrogen-bond donors (Lipinski definition) is 0. The Bertz CT molecular complexity index is 761. The summed E-state index contributed by atoms with van der Waals surface area (Å²) >= 11 is 7.49. The van der Waals surface area contributed by atoms with Crippen LogP contribution in [0.5, 0.6) is 0 Å². The van der Waals surface area contributed by atoms with Crippen LogP contribution in [0.3, 0.4) is 0 Å². The van der Waals surface area contributed by atoms with E-state index in [0.29, 0.717) is 10.0 Å². The first-order valence-electron chi connectivity index (χ1n) is 6.13. The summed E-state index contributed by atoms with van der Waals surface area (Å²) in [7, 11) is 0. The molecule has 1 heterocycles. The number of alkyl halides is 1. The first-order valence-corrected chi connectivity index (χ1v) is 7.39. The molecule has 0 fully saturated rings. The number of rotatable bonds is 3. The lowest BCUT2D eigenvalue weighted by atomic mass is 10.1. The van der Waals surface area contributed by atoms with Crippen molar-refractivity contribution in [1.82, 2.24) is 10.2 Å². The number of hydrogen-bond acceptors (Lipinski definition) is 3. The summed E-state index contributed by atoms with van der Waals surface area (Å²) in [5.74, 6) is -1.83. The SMILES string of the molecule is Fc1cccc(-c2nnc(C(Cl)c3ccccc3)s2)c1F. The largest absolute Gasteiger partial charge is 0.204 e. The molecule has 106 valence electrons. The van der Waals surface area contributed by atoms with Crippen LogP contribution in [0.15, 0.2) is 48.5 Å². The highest BCUT2D eigenvalue weighted by atomic mass is 35.5. The third-order valence-corrected chi connectivity index (χ3v) is 4.54. The summed E-state index contributed by atoms with van der Waals surface area (Å²) in [5.41, 5.74) is 0.970. The Balaban J connectivity index is 1.95. The van der Waals surface area contributed by atoms with Crippen LogP contribution in [0.1, 0.15) is 15.9 Å². The summed E-state index contributed by atoms with van der Waals surface area (Å²) in [6.07, 6.45) is 0. The Morgan fingerprint density at radius 1 is 0.952 bits per heavy atom. The lowest BCUT2D eigenvalue weighted by molar-refractivity contribution is 0.511. The number of halogens is 3. The molecule has 0 bridgehead atoms. The van der Waals surface area contributed by atoms with E-state index in [9.17, 15) is 8.78 Å². The number of aromatic nitrogens is 2. The minimum Gasteiger partial charge on any atom is -0.204 e. The second-order valence-corrected chi connectivity index (χ2v) is 5.77. The molecule has 1 unspecified atom stereocenters. The van der Waals surface area contributed by atoms with Gasteiger partial charge in [0.2, 0.25) is 0 Å². The summed E-state index contributed by atoms with van der Waals surface area (Å²) in [4.78, 5) is 0. The minimum absolute atomic E-state index is 0.0932. The van der Waals surface area contributed by atoms with Crippen molar-refractivity contribution in [1.29, 1.82) is 0 Å². The van der Waals surface area contributed by atoms with Gasteiger partial charge in [-0.3, -0.25) is 0 Å². The van der Waals surface area contributed by atoms with Crippen LogP contribution < -0.4 is 0 Å². The molecule has 0 saturated carbocycles. The molecule has 3 aromatic rings. The molecule has 3 rings (SSSR count). The second kappa shape index (κ2) is 5.87. The molecule has 0 aliphatic carbocycles. The second-order valence-electron chi connectivity index (χ2n) is 4.32. The predicted octanol–water partition coefficient (Wildman–Crippen LogP) is 4.81. The molecule has 2 nitrogen and oxygen atoms in total. The van der Waals surface area contributed by atoms with Crippen LogP contribution in [-0.4, -0.2) is 10.2 Å². The van der Waals surface area contributed by atoms with Crippen molar-refractivity contribution >= 4 is 22.9 Å². The lowest BCUT2D eigenvalue weighted by Gasteiger charge is -2.04. The molecular formula is C15H9ClF2N2S. The van der Waals surface area contributed by atoms with Crippen molar-refractivity contribution in [3.8, 4) is 10.6 Å². The average molecular weight is 323 g/mol. The van der Waals surface area contributed by atoms with Crippen molar-refractivity contribution in [3.63, 3.8) is 0 Å². The zero-order chi connectivity index (χ0) is 14.8. The van der Waals surface area contributed by atoms with E-state index in [0.717, 1.165) is 23.0 Å². The highest BCUT2D eigenvalue weighted by Crippen LogP contribution is 2.34. The monoisotopic (exact) mass is 322 g/mol. The Kier molecular flexibility index (Phi) is 3.94. The van der Waals surface area contributed by atoms with Crippen LogP contribution in [0, 0.1) is 11.6 Å². The maximum absolute atomic E-state index is 13.8. The van der Waals surface area contributed by atoms with Gasteiger partial charge >= 0.3 is 0 Å². The van der Waals surface area contributed by atoms with Crippen molar-refractivity contribution in [2.45, 2.75) is 5.38 Å². The average Bonchev–Trinajstić information content (AvgIpc) is 3.00. The maximum atomic E-state index is 13.8. The predicted molar refractivity (Wildman–Crippen MR) is 79.4 cm³/mol. The molecule has 0 spiro atoms. The topological polar surface area (TPSA) is 25.8 Å². The van der Waals surface area contributed by atoms with Crippen LogP contribution in [0.25, 0.3) is 10.6 Å². The number of nitrogens with zero attached hydrogens (tertiary/aromatic N) is 2. The van der Waals surface area contributed by atoms with Crippen molar-refractivity contribution in [2.75, 3.05) is 0 Å². The van der Waals surface area contributed by atoms with E-state index >= 15 is 0 Å². The summed E-state index contributed by atoms with van der Waals surface area (Å²) in [6.45, 7) is 0. The van der Waals surface area contributed by atoms with Crippen LogP contribution in [-0.2, 0) is 0 Å². The molecule has 21 heavy (non-hydrogen) atoms. The van der Waals surface area contributed by atoms with Crippen LogP contribution in [0.4, 0.5) is 8.78 Å². The van der Waals surface area contributed by atoms with Crippen LogP contribution in [0.2, 0.25) is 0 Å². The molecule has 0 amide bonds. The highest BCUT2D eigenvalue weighted by Gasteiger charge is 2.19. The van der Waals surface area contributed by atoms with Gasteiger partial charge in [-0.05, 0) is 17.7 Å². The van der Waals surface area contributed by atoms with Crippen LogP contribution >= 0.6 is 22.9 Å². The number of benzene rings is 2. The minimum atomic E-state index is -0.925. The molecule has 2 aromatic carbocycles. The Labute approximate surface area is 129 Å². The normalized spacial score (nSPS) is 12.3. The highest BCUT2D eigenvalue weighted by molar-refractivity contribution is 7.15. The third kappa shape index (κ3) is 2.80. The quantitative estimate of drug-likeness (QED) is 0.647.